The van der Waals surface area contributed by atoms with E-state index in [4.69, 9.17) is 4.74 Å². The minimum atomic E-state index is 0.185. The number of rotatable bonds is 3. The normalized spacial score (nSPS) is 11.2. The lowest BCUT2D eigenvalue weighted by atomic mass is 10.4. The lowest BCUT2D eigenvalue weighted by molar-refractivity contribution is 0.208. The second-order valence-electron chi connectivity index (χ2n) is 3.38. The van der Waals surface area contributed by atoms with Gasteiger partial charge in [-0.3, -0.25) is 4.57 Å². The van der Waals surface area contributed by atoms with E-state index in [-0.39, 0.29) is 6.10 Å². The fourth-order valence-electron chi connectivity index (χ4n) is 0.994. The molecule has 12 heavy (non-hydrogen) atoms. The van der Waals surface area contributed by atoms with E-state index in [1.807, 2.05) is 24.6 Å². The molecule has 0 amide bonds. The molecule has 0 N–H and O–H groups in total. The van der Waals surface area contributed by atoms with Crippen molar-refractivity contribution in [1.29, 1.82) is 0 Å². The van der Waals surface area contributed by atoms with Crippen LogP contribution in [0.15, 0.2) is 12.4 Å². The fraction of sp³-hybridized carbons (Fsp3) is 0.667. The third-order valence-corrected chi connectivity index (χ3v) is 1.53. The van der Waals surface area contributed by atoms with Crippen molar-refractivity contribution < 1.29 is 4.74 Å². The van der Waals surface area contributed by atoms with Gasteiger partial charge < -0.3 is 4.74 Å². The van der Waals surface area contributed by atoms with E-state index in [2.05, 4.69) is 18.8 Å². The lowest BCUT2D eigenvalue weighted by Gasteiger charge is -2.13. The molecule has 0 unspecified atom stereocenters. The van der Waals surface area contributed by atoms with Crippen LogP contribution in [-0.4, -0.2) is 15.7 Å². The van der Waals surface area contributed by atoms with Crippen molar-refractivity contribution in [1.82, 2.24) is 9.55 Å². The molecule has 1 heterocycles. The summed E-state index contributed by atoms with van der Waals surface area (Å²) in [7, 11) is 0. The molecule has 0 fully saturated rings. The van der Waals surface area contributed by atoms with Crippen molar-refractivity contribution in [2.24, 2.45) is 0 Å². The van der Waals surface area contributed by atoms with Gasteiger partial charge in [0.05, 0.1) is 6.10 Å². The molecule has 0 atom stereocenters. The standard InChI is InChI=1S/C9H16N2O/c1-7(2)11-6-5-10-9(11)12-8(3)4/h5-8H,1-4H3. The lowest BCUT2D eigenvalue weighted by Crippen LogP contribution is -2.11. The molecule has 3 heteroatoms. The zero-order chi connectivity index (χ0) is 9.14. The monoisotopic (exact) mass is 168 g/mol. The Morgan fingerprint density at radius 3 is 2.50 bits per heavy atom. The smallest absolute Gasteiger partial charge is 0.296 e. The summed E-state index contributed by atoms with van der Waals surface area (Å²) in [5, 5.41) is 0. The number of imidazole rings is 1. The molecule has 0 aliphatic carbocycles. The Morgan fingerprint density at radius 1 is 1.33 bits per heavy atom. The zero-order valence-electron chi connectivity index (χ0n) is 8.11. The van der Waals surface area contributed by atoms with Gasteiger partial charge in [-0.05, 0) is 27.7 Å². The zero-order valence-corrected chi connectivity index (χ0v) is 8.11. The summed E-state index contributed by atoms with van der Waals surface area (Å²) in [6.07, 6.45) is 3.88. The molecule has 0 radical (unpaired) electrons. The van der Waals surface area contributed by atoms with Gasteiger partial charge in [0.1, 0.15) is 0 Å². The number of ether oxygens (including phenoxy) is 1. The number of nitrogens with zero attached hydrogens (tertiary/aromatic N) is 2. The van der Waals surface area contributed by atoms with Gasteiger partial charge in [-0.2, -0.15) is 0 Å². The highest BCUT2D eigenvalue weighted by molar-refractivity contribution is 5.00. The van der Waals surface area contributed by atoms with E-state index in [9.17, 15) is 0 Å². The van der Waals surface area contributed by atoms with Gasteiger partial charge in [-0.25, -0.2) is 4.98 Å². The Balaban J connectivity index is 2.77. The summed E-state index contributed by atoms with van der Waals surface area (Å²) in [5.74, 6) is 0. The van der Waals surface area contributed by atoms with E-state index in [0.29, 0.717) is 12.1 Å². The predicted molar refractivity (Wildman–Crippen MR) is 48.4 cm³/mol. The van der Waals surface area contributed by atoms with Crippen molar-refractivity contribution in [2.45, 2.75) is 39.8 Å². The van der Waals surface area contributed by atoms with Crippen LogP contribution in [0.1, 0.15) is 33.7 Å². The SMILES string of the molecule is CC(C)Oc1nccn1C(C)C. The second kappa shape index (κ2) is 3.61. The van der Waals surface area contributed by atoms with E-state index in [0.717, 1.165) is 0 Å². The van der Waals surface area contributed by atoms with Gasteiger partial charge in [0.15, 0.2) is 0 Å². The van der Waals surface area contributed by atoms with Gasteiger partial charge >= 0.3 is 0 Å². The van der Waals surface area contributed by atoms with Crippen molar-refractivity contribution in [3.63, 3.8) is 0 Å². The Kier molecular flexibility index (Phi) is 2.74. The maximum Gasteiger partial charge on any atom is 0.296 e. The van der Waals surface area contributed by atoms with Crippen LogP contribution in [0, 0.1) is 0 Å². The summed E-state index contributed by atoms with van der Waals surface area (Å²) in [6.45, 7) is 8.21. The molecule has 0 saturated heterocycles. The first-order chi connectivity index (χ1) is 5.61. The van der Waals surface area contributed by atoms with E-state index >= 15 is 0 Å². The third-order valence-electron chi connectivity index (χ3n) is 1.53. The van der Waals surface area contributed by atoms with Crippen LogP contribution in [0.4, 0.5) is 0 Å². The molecule has 0 aromatic carbocycles. The largest absolute Gasteiger partial charge is 0.462 e. The van der Waals surface area contributed by atoms with Crippen LogP contribution >= 0.6 is 0 Å². The van der Waals surface area contributed by atoms with Crippen LogP contribution in [0.2, 0.25) is 0 Å². The minimum absolute atomic E-state index is 0.185. The number of hydrogen-bond acceptors (Lipinski definition) is 2. The van der Waals surface area contributed by atoms with Crippen molar-refractivity contribution in [2.75, 3.05) is 0 Å². The molecule has 3 nitrogen and oxygen atoms in total. The number of hydrogen-bond donors (Lipinski definition) is 0. The minimum Gasteiger partial charge on any atom is -0.462 e. The molecule has 1 aromatic rings. The first-order valence-electron chi connectivity index (χ1n) is 4.30. The molecule has 0 aliphatic rings. The molecular formula is C9H16N2O. The summed E-state index contributed by atoms with van der Waals surface area (Å²) in [5.41, 5.74) is 0. The molecule has 1 aromatic heterocycles. The molecule has 0 spiro atoms. The van der Waals surface area contributed by atoms with Crippen LogP contribution < -0.4 is 4.74 Å². The number of aromatic nitrogens is 2. The summed E-state index contributed by atoms with van der Waals surface area (Å²) < 4.78 is 7.51. The molecule has 0 bridgehead atoms. The maximum absolute atomic E-state index is 5.50. The Bertz CT molecular complexity index is 240. The molecule has 68 valence electrons. The van der Waals surface area contributed by atoms with Crippen molar-refractivity contribution >= 4 is 0 Å². The first-order valence-corrected chi connectivity index (χ1v) is 4.30. The maximum atomic E-state index is 5.50. The van der Waals surface area contributed by atoms with Gasteiger partial charge in [0, 0.05) is 18.4 Å². The highest BCUT2D eigenvalue weighted by Crippen LogP contribution is 2.15. The summed E-state index contributed by atoms with van der Waals surface area (Å²) in [6, 6.07) is 1.11. The Hall–Kier alpha value is -0.990. The highest BCUT2D eigenvalue weighted by Gasteiger charge is 2.07. The first kappa shape index (κ1) is 9.10. The summed E-state index contributed by atoms with van der Waals surface area (Å²) in [4.78, 5) is 4.12. The van der Waals surface area contributed by atoms with E-state index in [1.165, 1.54) is 0 Å². The van der Waals surface area contributed by atoms with Gasteiger partial charge in [-0.15, -0.1) is 0 Å². The topological polar surface area (TPSA) is 27.1 Å². The predicted octanol–water partition coefficient (Wildman–Crippen LogP) is 2.25. The van der Waals surface area contributed by atoms with Gasteiger partial charge in [0.2, 0.25) is 0 Å². The van der Waals surface area contributed by atoms with Crippen molar-refractivity contribution in [3.05, 3.63) is 12.4 Å². The molecule has 0 saturated carbocycles. The molecular weight excluding hydrogens is 152 g/mol. The van der Waals surface area contributed by atoms with Crippen LogP contribution in [0.25, 0.3) is 0 Å². The highest BCUT2D eigenvalue weighted by atomic mass is 16.5. The Labute approximate surface area is 73.4 Å². The van der Waals surface area contributed by atoms with Crippen molar-refractivity contribution in [3.8, 4) is 6.01 Å². The third kappa shape index (κ3) is 2.00. The van der Waals surface area contributed by atoms with E-state index in [1.54, 1.807) is 6.20 Å². The Morgan fingerprint density at radius 2 is 2.00 bits per heavy atom. The fourth-order valence-corrected chi connectivity index (χ4v) is 0.994. The molecule has 1 rings (SSSR count). The average Bonchev–Trinajstić information content (AvgIpc) is 2.33. The van der Waals surface area contributed by atoms with E-state index < -0.39 is 0 Å². The van der Waals surface area contributed by atoms with Crippen LogP contribution in [0.3, 0.4) is 0 Å². The van der Waals surface area contributed by atoms with Gasteiger partial charge in [0.25, 0.3) is 6.01 Å². The second-order valence-corrected chi connectivity index (χ2v) is 3.38. The van der Waals surface area contributed by atoms with Gasteiger partial charge in [-0.1, -0.05) is 0 Å². The molecule has 0 aliphatic heterocycles. The average molecular weight is 168 g/mol. The van der Waals surface area contributed by atoms with Crippen LogP contribution in [-0.2, 0) is 0 Å². The quantitative estimate of drug-likeness (QED) is 0.692. The summed E-state index contributed by atoms with van der Waals surface area (Å²) >= 11 is 0. The van der Waals surface area contributed by atoms with Crippen LogP contribution in [0.5, 0.6) is 6.01 Å².